The van der Waals surface area contributed by atoms with Crippen LogP contribution < -0.4 is 5.73 Å². The number of nitrogens with two attached hydrogens (primary N) is 1. The second kappa shape index (κ2) is 3.90. The van der Waals surface area contributed by atoms with Crippen LogP contribution in [0.25, 0.3) is 0 Å². The van der Waals surface area contributed by atoms with Crippen molar-refractivity contribution in [2.24, 2.45) is 10.7 Å². The van der Waals surface area contributed by atoms with Crippen molar-refractivity contribution in [3.63, 3.8) is 0 Å². The van der Waals surface area contributed by atoms with Gasteiger partial charge in [0.1, 0.15) is 0 Å². The predicted molar refractivity (Wildman–Crippen MR) is 45.8 cm³/mol. The zero-order valence-electron chi connectivity index (χ0n) is 6.82. The minimum atomic E-state index is -0.594. The number of primary amides is 1. The Hall–Kier alpha value is -1.32. The molecule has 0 fully saturated rings. The fourth-order valence-corrected chi connectivity index (χ4v) is 1.06. The van der Waals surface area contributed by atoms with Crippen LogP contribution in [0.2, 0.25) is 0 Å². The van der Waals surface area contributed by atoms with Crippen LogP contribution in [0.1, 0.15) is 12.8 Å². The van der Waals surface area contributed by atoms with E-state index in [1.54, 1.807) is 6.08 Å². The van der Waals surface area contributed by atoms with Gasteiger partial charge in [-0.15, -0.1) is 6.58 Å². The molecule has 0 spiro atoms. The summed E-state index contributed by atoms with van der Waals surface area (Å²) in [6, 6.07) is 0.110. The molecule has 1 rings (SSSR count). The molecule has 2 N–H and O–H groups in total. The van der Waals surface area contributed by atoms with Gasteiger partial charge in [0.25, 0.3) is 5.90 Å². The monoisotopic (exact) mass is 168 g/mol. The molecule has 0 saturated carbocycles. The first-order valence-corrected chi connectivity index (χ1v) is 3.85. The lowest BCUT2D eigenvalue weighted by atomic mass is 10.1. The number of hydrogen-bond donors (Lipinski definition) is 1. The van der Waals surface area contributed by atoms with Crippen LogP contribution >= 0.6 is 0 Å². The molecule has 1 amide bonds. The van der Waals surface area contributed by atoms with E-state index in [1.165, 1.54) is 0 Å². The molecule has 0 aromatic heterocycles. The molecule has 0 radical (unpaired) electrons. The Bertz CT molecular complexity index is 223. The van der Waals surface area contributed by atoms with E-state index >= 15 is 0 Å². The summed E-state index contributed by atoms with van der Waals surface area (Å²) in [5.74, 6) is -0.545. The Morgan fingerprint density at radius 3 is 3.25 bits per heavy atom. The van der Waals surface area contributed by atoms with Crippen LogP contribution in [0, 0.1) is 0 Å². The first kappa shape index (κ1) is 8.77. The molecule has 1 atom stereocenters. The second-order valence-corrected chi connectivity index (χ2v) is 2.61. The van der Waals surface area contributed by atoms with Crippen molar-refractivity contribution < 1.29 is 9.53 Å². The fraction of sp³-hybridized carbons (Fsp3) is 0.500. The smallest absolute Gasteiger partial charge is 0.303 e. The summed E-state index contributed by atoms with van der Waals surface area (Å²) in [7, 11) is 0. The molecule has 0 aromatic carbocycles. The van der Waals surface area contributed by atoms with E-state index in [9.17, 15) is 4.79 Å². The third-order valence-corrected chi connectivity index (χ3v) is 1.64. The number of ether oxygens (including phenoxy) is 1. The highest BCUT2D eigenvalue weighted by Crippen LogP contribution is 2.10. The number of nitrogens with zero attached hydrogens (tertiary/aromatic N) is 1. The zero-order chi connectivity index (χ0) is 8.97. The highest BCUT2D eigenvalue weighted by Gasteiger charge is 2.18. The number of amides is 1. The van der Waals surface area contributed by atoms with Crippen molar-refractivity contribution in [3.05, 3.63) is 12.7 Å². The maximum Gasteiger partial charge on any atom is 0.303 e. The maximum absolute atomic E-state index is 10.6. The Kier molecular flexibility index (Phi) is 2.85. The van der Waals surface area contributed by atoms with E-state index in [4.69, 9.17) is 10.5 Å². The van der Waals surface area contributed by atoms with E-state index < -0.39 is 5.91 Å². The third kappa shape index (κ3) is 2.08. The lowest BCUT2D eigenvalue weighted by Crippen LogP contribution is -2.31. The van der Waals surface area contributed by atoms with Crippen LogP contribution in [0.5, 0.6) is 0 Å². The third-order valence-electron chi connectivity index (χ3n) is 1.64. The molecule has 0 aromatic rings. The van der Waals surface area contributed by atoms with Crippen LogP contribution in [0.4, 0.5) is 0 Å². The van der Waals surface area contributed by atoms with Crippen molar-refractivity contribution in [1.29, 1.82) is 0 Å². The minimum absolute atomic E-state index is 0.0492. The first-order chi connectivity index (χ1) is 5.74. The number of carbonyl (C=O) groups is 1. The van der Waals surface area contributed by atoms with Gasteiger partial charge in [0.2, 0.25) is 0 Å². The van der Waals surface area contributed by atoms with E-state index in [0.29, 0.717) is 6.61 Å². The molecule has 0 aliphatic carbocycles. The Morgan fingerprint density at radius 1 is 1.92 bits per heavy atom. The second-order valence-electron chi connectivity index (χ2n) is 2.61. The molecule has 4 heteroatoms. The largest absolute Gasteiger partial charge is 0.474 e. The fourth-order valence-electron chi connectivity index (χ4n) is 1.06. The summed E-state index contributed by atoms with van der Waals surface area (Å²) in [4.78, 5) is 14.7. The molecular weight excluding hydrogens is 156 g/mol. The van der Waals surface area contributed by atoms with Gasteiger partial charge >= 0.3 is 5.91 Å². The highest BCUT2D eigenvalue weighted by molar-refractivity contribution is 6.34. The molecule has 1 unspecified atom stereocenters. The van der Waals surface area contributed by atoms with Gasteiger partial charge in [-0.05, 0) is 6.42 Å². The minimum Gasteiger partial charge on any atom is -0.474 e. The summed E-state index contributed by atoms with van der Waals surface area (Å²) < 4.78 is 4.96. The van der Waals surface area contributed by atoms with Gasteiger partial charge in [0.05, 0.1) is 12.6 Å². The van der Waals surface area contributed by atoms with Crippen molar-refractivity contribution in [2.45, 2.75) is 18.9 Å². The lowest BCUT2D eigenvalue weighted by Gasteiger charge is -2.18. The number of rotatable bonds is 3. The number of hydrogen-bond acceptors (Lipinski definition) is 3. The first-order valence-electron chi connectivity index (χ1n) is 3.85. The Morgan fingerprint density at radius 2 is 2.67 bits per heavy atom. The van der Waals surface area contributed by atoms with Gasteiger partial charge in [0.15, 0.2) is 0 Å². The molecule has 12 heavy (non-hydrogen) atoms. The lowest BCUT2D eigenvalue weighted by molar-refractivity contribution is -0.113. The van der Waals surface area contributed by atoms with Crippen LogP contribution in [0.15, 0.2) is 17.6 Å². The van der Waals surface area contributed by atoms with Crippen molar-refractivity contribution in [1.82, 2.24) is 0 Å². The molecule has 66 valence electrons. The summed E-state index contributed by atoms with van der Waals surface area (Å²) in [6.45, 7) is 4.11. The molecule has 0 saturated heterocycles. The average molecular weight is 168 g/mol. The summed E-state index contributed by atoms with van der Waals surface area (Å²) in [5, 5.41) is 0. The quantitative estimate of drug-likeness (QED) is 0.613. The normalized spacial score (nSPS) is 22.3. The zero-order valence-corrected chi connectivity index (χ0v) is 6.82. The molecule has 0 bridgehead atoms. The SMILES string of the molecule is C=CCC1CCOC(C(N)=O)=N1. The van der Waals surface area contributed by atoms with Crippen LogP contribution in [0.3, 0.4) is 0 Å². The molecule has 1 aliphatic heterocycles. The molecule has 4 nitrogen and oxygen atoms in total. The predicted octanol–water partition coefficient (Wildman–Crippen LogP) is 0.235. The van der Waals surface area contributed by atoms with Gasteiger partial charge in [-0.3, -0.25) is 4.79 Å². The van der Waals surface area contributed by atoms with Gasteiger partial charge in [-0.2, -0.15) is 0 Å². The Labute approximate surface area is 71.1 Å². The van der Waals surface area contributed by atoms with E-state index in [2.05, 4.69) is 11.6 Å². The van der Waals surface area contributed by atoms with Crippen molar-refractivity contribution in [3.8, 4) is 0 Å². The molecule has 1 aliphatic rings. The molecule has 1 heterocycles. The topological polar surface area (TPSA) is 64.7 Å². The summed E-state index contributed by atoms with van der Waals surface area (Å²) in [5.41, 5.74) is 5.01. The van der Waals surface area contributed by atoms with E-state index in [-0.39, 0.29) is 11.9 Å². The van der Waals surface area contributed by atoms with Gasteiger partial charge in [-0.1, -0.05) is 6.08 Å². The summed E-state index contributed by atoms with van der Waals surface area (Å²) in [6.07, 6.45) is 3.36. The maximum atomic E-state index is 10.6. The standard InChI is InChI=1S/C8H12N2O2/c1-2-3-6-4-5-12-8(10-6)7(9)11/h2,6H,1,3-5H2,(H2,9,11). The van der Waals surface area contributed by atoms with Gasteiger partial charge < -0.3 is 10.5 Å². The van der Waals surface area contributed by atoms with E-state index in [1.807, 2.05) is 0 Å². The average Bonchev–Trinajstić information content (AvgIpc) is 2.05. The molecular formula is C8H12N2O2. The number of aliphatic imine (C=N–C) groups is 1. The van der Waals surface area contributed by atoms with Crippen LogP contribution in [-0.4, -0.2) is 24.5 Å². The van der Waals surface area contributed by atoms with Crippen molar-refractivity contribution >= 4 is 11.8 Å². The van der Waals surface area contributed by atoms with Gasteiger partial charge in [0, 0.05) is 6.42 Å². The highest BCUT2D eigenvalue weighted by atomic mass is 16.5. The van der Waals surface area contributed by atoms with Crippen molar-refractivity contribution in [2.75, 3.05) is 6.61 Å². The summed E-state index contributed by atoms with van der Waals surface area (Å²) >= 11 is 0. The van der Waals surface area contributed by atoms with Gasteiger partial charge in [-0.25, -0.2) is 4.99 Å². The van der Waals surface area contributed by atoms with E-state index in [0.717, 1.165) is 12.8 Å². The van der Waals surface area contributed by atoms with Crippen LogP contribution in [-0.2, 0) is 9.53 Å². The number of carbonyl (C=O) groups excluding carboxylic acids is 1. The Balaban J connectivity index is 2.62.